The zero-order valence-corrected chi connectivity index (χ0v) is 10.1. The smallest absolute Gasteiger partial charge is 0.321 e. The second kappa shape index (κ2) is 5.35. The number of carboxylic acid groups (broad SMARTS) is 1. The molecule has 1 N–H and O–H groups in total. The molecule has 0 saturated heterocycles. The molecule has 0 radical (unpaired) electrons. The number of aryl methyl sites for hydroxylation is 1. The van der Waals surface area contributed by atoms with E-state index in [0.717, 1.165) is 11.1 Å². The molecule has 0 spiro atoms. The first kappa shape index (κ1) is 13.0. The Labute approximate surface area is 100 Å². The third-order valence-electron chi connectivity index (χ3n) is 2.78. The van der Waals surface area contributed by atoms with Gasteiger partial charge < -0.3 is 9.84 Å². The van der Waals surface area contributed by atoms with E-state index in [1.165, 1.54) is 7.11 Å². The number of aliphatic carboxylic acids is 1. The number of methoxy groups -OCH3 is 1. The second-order valence-corrected chi connectivity index (χ2v) is 3.98. The lowest BCUT2D eigenvalue weighted by Crippen LogP contribution is -2.19. The van der Waals surface area contributed by atoms with Gasteiger partial charge in [-0.15, -0.1) is 0 Å². The van der Waals surface area contributed by atoms with Crippen molar-refractivity contribution in [3.63, 3.8) is 0 Å². The molecular formula is C13H15NO3. The zero-order valence-electron chi connectivity index (χ0n) is 10.1. The molecule has 1 rings (SSSR count). The average Bonchev–Trinajstić information content (AvgIpc) is 2.29. The van der Waals surface area contributed by atoms with Gasteiger partial charge in [0.15, 0.2) is 5.92 Å². The van der Waals surface area contributed by atoms with Crippen LogP contribution in [-0.2, 0) is 4.79 Å². The number of nitriles is 1. The minimum Gasteiger partial charge on any atom is -0.496 e. The summed E-state index contributed by atoms with van der Waals surface area (Å²) in [7, 11) is 1.53. The van der Waals surface area contributed by atoms with Crippen molar-refractivity contribution in [2.24, 2.45) is 5.92 Å². The van der Waals surface area contributed by atoms with E-state index in [9.17, 15) is 4.79 Å². The van der Waals surface area contributed by atoms with Crippen molar-refractivity contribution in [3.8, 4) is 11.8 Å². The Morgan fingerprint density at radius 3 is 2.65 bits per heavy atom. The third-order valence-corrected chi connectivity index (χ3v) is 2.78. The Hall–Kier alpha value is -2.02. The van der Waals surface area contributed by atoms with E-state index in [2.05, 4.69) is 0 Å². The largest absolute Gasteiger partial charge is 0.496 e. The normalized spacial score (nSPS) is 13.5. The summed E-state index contributed by atoms with van der Waals surface area (Å²) in [6, 6.07) is 7.35. The summed E-state index contributed by atoms with van der Waals surface area (Å²) in [5.74, 6) is -1.97. The predicted octanol–water partition coefficient (Wildman–Crippen LogP) is 2.33. The molecule has 4 heteroatoms. The fourth-order valence-corrected chi connectivity index (χ4v) is 1.77. The monoisotopic (exact) mass is 233 g/mol. The standard InChI is InChI=1S/C13H15NO3/c1-8-4-5-12(17-3)10(6-8)9(2)11(7-14)13(15)16/h4-6,9,11H,1-3H3,(H,15,16). The molecule has 0 aliphatic rings. The van der Waals surface area contributed by atoms with Gasteiger partial charge in [0, 0.05) is 5.92 Å². The van der Waals surface area contributed by atoms with E-state index >= 15 is 0 Å². The van der Waals surface area contributed by atoms with Gasteiger partial charge in [-0.1, -0.05) is 24.6 Å². The molecule has 0 amide bonds. The predicted molar refractivity (Wildman–Crippen MR) is 62.9 cm³/mol. The number of ether oxygens (including phenoxy) is 1. The number of benzene rings is 1. The summed E-state index contributed by atoms with van der Waals surface area (Å²) in [5, 5.41) is 17.9. The molecule has 0 bridgehead atoms. The summed E-state index contributed by atoms with van der Waals surface area (Å²) in [6.07, 6.45) is 0. The van der Waals surface area contributed by atoms with Crippen LogP contribution in [0.2, 0.25) is 0 Å². The molecule has 2 atom stereocenters. The Morgan fingerprint density at radius 2 is 2.18 bits per heavy atom. The summed E-state index contributed by atoms with van der Waals surface area (Å²) >= 11 is 0. The summed E-state index contributed by atoms with van der Waals surface area (Å²) in [5.41, 5.74) is 1.76. The Bertz CT molecular complexity index is 462. The minimum atomic E-state index is -1.11. The molecule has 0 heterocycles. The van der Waals surface area contributed by atoms with Crippen LogP contribution in [0.15, 0.2) is 18.2 Å². The first-order valence-electron chi connectivity index (χ1n) is 5.28. The number of nitrogens with zero attached hydrogens (tertiary/aromatic N) is 1. The minimum absolute atomic E-state index is 0.410. The molecule has 4 nitrogen and oxygen atoms in total. The Kier molecular flexibility index (Phi) is 4.11. The molecule has 0 fully saturated rings. The average molecular weight is 233 g/mol. The molecule has 0 aliphatic carbocycles. The number of carbonyl (C=O) groups is 1. The van der Waals surface area contributed by atoms with Crippen LogP contribution in [0, 0.1) is 24.2 Å². The van der Waals surface area contributed by atoms with Gasteiger partial charge in [0.1, 0.15) is 5.75 Å². The third kappa shape index (κ3) is 2.76. The van der Waals surface area contributed by atoms with Gasteiger partial charge in [-0.05, 0) is 18.6 Å². The van der Waals surface area contributed by atoms with Crippen molar-refractivity contribution in [1.29, 1.82) is 5.26 Å². The summed E-state index contributed by atoms with van der Waals surface area (Å²) in [6.45, 7) is 3.64. The van der Waals surface area contributed by atoms with Crippen molar-refractivity contribution < 1.29 is 14.6 Å². The summed E-state index contributed by atoms with van der Waals surface area (Å²) in [4.78, 5) is 11.0. The summed E-state index contributed by atoms with van der Waals surface area (Å²) < 4.78 is 5.19. The van der Waals surface area contributed by atoms with Crippen LogP contribution in [0.3, 0.4) is 0 Å². The highest BCUT2D eigenvalue weighted by molar-refractivity contribution is 5.74. The van der Waals surface area contributed by atoms with Crippen LogP contribution in [0.4, 0.5) is 0 Å². The van der Waals surface area contributed by atoms with Gasteiger partial charge >= 0.3 is 5.97 Å². The van der Waals surface area contributed by atoms with E-state index in [0.29, 0.717) is 5.75 Å². The van der Waals surface area contributed by atoms with Crippen LogP contribution in [0.25, 0.3) is 0 Å². The molecular weight excluding hydrogens is 218 g/mol. The highest BCUT2D eigenvalue weighted by Crippen LogP contribution is 2.32. The molecule has 17 heavy (non-hydrogen) atoms. The maximum Gasteiger partial charge on any atom is 0.321 e. The van der Waals surface area contributed by atoms with Crippen LogP contribution in [0.5, 0.6) is 5.75 Å². The van der Waals surface area contributed by atoms with Crippen molar-refractivity contribution >= 4 is 5.97 Å². The lowest BCUT2D eigenvalue weighted by Gasteiger charge is -2.18. The Morgan fingerprint density at radius 1 is 1.53 bits per heavy atom. The highest BCUT2D eigenvalue weighted by atomic mass is 16.5. The van der Waals surface area contributed by atoms with Crippen molar-refractivity contribution in [2.45, 2.75) is 19.8 Å². The highest BCUT2D eigenvalue weighted by Gasteiger charge is 2.27. The molecule has 0 aromatic heterocycles. The van der Waals surface area contributed by atoms with Gasteiger partial charge in [-0.25, -0.2) is 0 Å². The van der Waals surface area contributed by atoms with E-state index in [-0.39, 0.29) is 0 Å². The lowest BCUT2D eigenvalue weighted by molar-refractivity contribution is -0.140. The van der Waals surface area contributed by atoms with E-state index < -0.39 is 17.8 Å². The molecule has 2 unspecified atom stereocenters. The SMILES string of the molecule is COc1ccc(C)cc1C(C)C(C#N)C(=O)O. The van der Waals surface area contributed by atoms with Crippen molar-refractivity contribution in [2.75, 3.05) is 7.11 Å². The molecule has 0 aliphatic heterocycles. The molecule has 1 aromatic carbocycles. The van der Waals surface area contributed by atoms with Gasteiger partial charge in [0.05, 0.1) is 13.2 Å². The van der Waals surface area contributed by atoms with Crippen molar-refractivity contribution in [3.05, 3.63) is 29.3 Å². The van der Waals surface area contributed by atoms with Gasteiger partial charge in [0.25, 0.3) is 0 Å². The molecule has 0 saturated carbocycles. The maximum atomic E-state index is 11.0. The number of hydrogen-bond acceptors (Lipinski definition) is 3. The maximum absolute atomic E-state index is 11.0. The van der Waals surface area contributed by atoms with Crippen LogP contribution in [-0.4, -0.2) is 18.2 Å². The van der Waals surface area contributed by atoms with E-state index in [1.807, 2.05) is 25.1 Å². The number of rotatable bonds is 4. The molecule has 90 valence electrons. The van der Waals surface area contributed by atoms with Crippen molar-refractivity contribution in [1.82, 2.24) is 0 Å². The quantitative estimate of drug-likeness (QED) is 0.866. The fraction of sp³-hybridized carbons (Fsp3) is 0.385. The lowest BCUT2D eigenvalue weighted by atomic mass is 9.87. The van der Waals surface area contributed by atoms with Gasteiger partial charge in [-0.2, -0.15) is 5.26 Å². The number of carboxylic acids is 1. The fourth-order valence-electron chi connectivity index (χ4n) is 1.77. The second-order valence-electron chi connectivity index (χ2n) is 3.98. The molecule has 1 aromatic rings. The van der Waals surface area contributed by atoms with Gasteiger partial charge in [0.2, 0.25) is 0 Å². The van der Waals surface area contributed by atoms with E-state index in [1.54, 1.807) is 13.0 Å². The first-order valence-corrected chi connectivity index (χ1v) is 5.28. The van der Waals surface area contributed by atoms with Gasteiger partial charge in [-0.3, -0.25) is 4.79 Å². The van der Waals surface area contributed by atoms with Crippen LogP contribution >= 0.6 is 0 Å². The van der Waals surface area contributed by atoms with E-state index in [4.69, 9.17) is 15.1 Å². The Balaban J connectivity index is 3.19. The zero-order chi connectivity index (χ0) is 13.0. The first-order chi connectivity index (χ1) is 8.01. The topological polar surface area (TPSA) is 70.3 Å². The van der Waals surface area contributed by atoms with Crippen LogP contribution < -0.4 is 4.74 Å². The van der Waals surface area contributed by atoms with Crippen LogP contribution in [0.1, 0.15) is 24.0 Å². The number of hydrogen-bond donors (Lipinski definition) is 1.